The van der Waals surface area contributed by atoms with Gasteiger partial charge in [-0.25, -0.2) is 4.39 Å². The third kappa shape index (κ3) is 4.32. The van der Waals surface area contributed by atoms with Crippen molar-refractivity contribution in [3.8, 4) is 0 Å². The molecule has 4 nitrogen and oxygen atoms in total. The predicted molar refractivity (Wildman–Crippen MR) is 58.1 cm³/mol. The Bertz CT molecular complexity index is 199. The van der Waals surface area contributed by atoms with Crippen molar-refractivity contribution in [2.24, 2.45) is 0 Å². The first-order chi connectivity index (χ1) is 6.69. The highest BCUT2D eigenvalue weighted by molar-refractivity contribution is 5.85. The van der Waals surface area contributed by atoms with Gasteiger partial charge < -0.3 is 15.4 Å². The largest absolute Gasteiger partial charge is 0.383 e. The van der Waals surface area contributed by atoms with Crippen LogP contribution in [0, 0.1) is 0 Å². The lowest BCUT2D eigenvalue weighted by Gasteiger charge is -2.28. The maximum Gasteiger partial charge on any atom is 0.259 e. The Morgan fingerprint density at radius 2 is 2.40 bits per heavy atom. The zero-order chi connectivity index (χ0) is 10.4. The van der Waals surface area contributed by atoms with E-state index in [0.29, 0.717) is 26.0 Å². The maximum atomic E-state index is 13.9. The number of carbonyl (C=O) groups excluding carboxylic acids is 1. The minimum atomic E-state index is -1.73. The van der Waals surface area contributed by atoms with Gasteiger partial charge in [0.2, 0.25) is 5.67 Å². The van der Waals surface area contributed by atoms with Crippen molar-refractivity contribution >= 4 is 18.3 Å². The lowest BCUT2D eigenvalue weighted by Crippen LogP contribution is -2.53. The summed E-state index contributed by atoms with van der Waals surface area (Å²) in [6.07, 6.45) is 1.01. The zero-order valence-electron chi connectivity index (χ0n) is 8.85. The van der Waals surface area contributed by atoms with Gasteiger partial charge in [0.15, 0.2) is 0 Å². The van der Waals surface area contributed by atoms with Gasteiger partial charge in [-0.05, 0) is 19.4 Å². The van der Waals surface area contributed by atoms with Crippen LogP contribution < -0.4 is 10.6 Å². The normalized spacial score (nSPS) is 25.5. The number of piperidine rings is 1. The standard InChI is InChI=1S/C9H17FN2O2.ClH/c1-14-6-5-12-8(13)9(10)3-2-4-11-7-9;/h11H,2-7H2,1H3,(H,12,13);1H. The molecule has 1 fully saturated rings. The third-order valence-electron chi connectivity index (χ3n) is 2.33. The lowest BCUT2D eigenvalue weighted by molar-refractivity contribution is -0.134. The summed E-state index contributed by atoms with van der Waals surface area (Å²) in [5, 5.41) is 5.39. The van der Waals surface area contributed by atoms with Crippen molar-refractivity contribution in [3.05, 3.63) is 0 Å². The molecule has 0 aliphatic carbocycles. The molecule has 1 aliphatic rings. The molecule has 0 bridgehead atoms. The molecule has 6 heteroatoms. The SMILES string of the molecule is COCCNC(=O)C1(F)CCCNC1.Cl. The van der Waals surface area contributed by atoms with E-state index in [1.807, 2.05) is 0 Å². The van der Waals surface area contributed by atoms with Crippen LogP contribution in [0.5, 0.6) is 0 Å². The summed E-state index contributed by atoms with van der Waals surface area (Å²) in [7, 11) is 1.54. The number of methoxy groups -OCH3 is 1. The van der Waals surface area contributed by atoms with E-state index in [2.05, 4.69) is 10.6 Å². The Morgan fingerprint density at radius 1 is 1.67 bits per heavy atom. The van der Waals surface area contributed by atoms with E-state index in [1.165, 1.54) is 0 Å². The number of alkyl halides is 1. The van der Waals surface area contributed by atoms with Crippen molar-refractivity contribution in [2.75, 3.05) is 33.4 Å². The van der Waals surface area contributed by atoms with Crippen molar-refractivity contribution in [2.45, 2.75) is 18.5 Å². The number of carbonyl (C=O) groups is 1. The fourth-order valence-corrected chi connectivity index (χ4v) is 1.49. The molecule has 1 rings (SSSR count). The Kier molecular flexibility index (Phi) is 6.80. The number of ether oxygens (including phenoxy) is 1. The van der Waals surface area contributed by atoms with Crippen LogP contribution in [0.3, 0.4) is 0 Å². The number of rotatable bonds is 4. The van der Waals surface area contributed by atoms with Gasteiger partial charge in [-0.15, -0.1) is 12.4 Å². The predicted octanol–water partition coefficient (Wildman–Crippen LogP) is 0.262. The Labute approximate surface area is 95.3 Å². The van der Waals surface area contributed by atoms with E-state index >= 15 is 0 Å². The third-order valence-corrected chi connectivity index (χ3v) is 2.33. The number of amides is 1. The van der Waals surface area contributed by atoms with Crippen LogP contribution in [0.2, 0.25) is 0 Å². The molecule has 0 aromatic carbocycles. The smallest absolute Gasteiger partial charge is 0.259 e. The van der Waals surface area contributed by atoms with Gasteiger partial charge in [0.25, 0.3) is 5.91 Å². The quantitative estimate of drug-likeness (QED) is 0.694. The molecule has 1 atom stereocenters. The first kappa shape index (κ1) is 14.6. The summed E-state index contributed by atoms with van der Waals surface area (Å²) >= 11 is 0. The highest BCUT2D eigenvalue weighted by Crippen LogP contribution is 2.20. The average Bonchev–Trinajstić information content (AvgIpc) is 2.19. The summed E-state index contributed by atoms with van der Waals surface area (Å²) in [6, 6.07) is 0. The van der Waals surface area contributed by atoms with Crippen molar-refractivity contribution in [1.82, 2.24) is 10.6 Å². The number of hydrogen-bond acceptors (Lipinski definition) is 3. The Balaban J connectivity index is 0.00000196. The minimum Gasteiger partial charge on any atom is -0.383 e. The first-order valence-electron chi connectivity index (χ1n) is 4.86. The van der Waals surface area contributed by atoms with Crippen molar-refractivity contribution < 1.29 is 13.9 Å². The van der Waals surface area contributed by atoms with Crippen molar-refractivity contribution in [3.63, 3.8) is 0 Å². The minimum absolute atomic E-state index is 0. The van der Waals surface area contributed by atoms with E-state index in [1.54, 1.807) is 7.11 Å². The van der Waals surface area contributed by atoms with Crippen LogP contribution in [0.1, 0.15) is 12.8 Å². The van der Waals surface area contributed by atoms with E-state index < -0.39 is 11.6 Å². The highest BCUT2D eigenvalue weighted by Gasteiger charge is 2.39. The van der Waals surface area contributed by atoms with Gasteiger partial charge in [-0.3, -0.25) is 4.79 Å². The molecule has 1 unspecified atom stereocenters. The van der Waals surface area contributed by atoms with E-state index in [0.717, 1.165) is 6.54 Å². The van der Waals surface area contributed by atoms with E-state index in [-0.39, 0.29) is 19.0 Å². The number of nitrogens with one attached hydrogen (secondary N) is 2. The van der Waals surface area contributed by atoms with Crippen LogP contribution in [-0.4, -0.2) is 44.9 Å². The van der Waals surface area contributed by atoms with Gasteiger partial charge in [0.1, 0.15) is 0 Å². The zero-order valence-corrected chi connectivity index (χ0v) is 9.66. The molecule has 90 valence electrons. The maximum absolute atomic E-state index is 13.9. The number of halogens is 2. The molecule has 1 amide bonds. The van der Waals surface area contributed by atoms with Crippen molar-refractivity contribution in [1.29, 1.82) is 0 Å². The van der Waals surface area contributed by atoms with Gasteiger partial charge in [0, 0.05) is 20.2 Å². The molecular formula is C9H18ClFN2O2. The van der Waals surface area contributed by atoms with E-state index in [4.69, 9.17) is 4.74 Å². The van der Waals surface area contributed by atoms with Crippen LogP contribution >= 0.6 is 12.4 Å². The van der Waals surface area contributed by atoms with Gasteiger partial charge >= 0.3 is 0 Å². The lowest BCUT2D eigenvalue weighted by atomic mass is 9.95. The molecule has 0 aromatic rings. The molecule has 0 aromatic heterocycles. The van der Waals surface area contributed by atoms with Crippen LogP contribution in [0.25, 0.3) is 0 Å². The topological polar surface area (TPSA) is 50.4 Å². The second kappa shape index (κ2) is 6.98. The van der Waals surface area contributed by atoms with Gasteiger partial charge in [-0.1, -0.05) is 0 Å². The molecule has 1 heterocycles. The van der Waals surface area contributed by atoms with Crippen LogP contribution in [-0.2, 0) is 9.53 Å². The van der Waals surface area contributed by atoms with Gasteiger partial charge in [-0.2, -0.15) is 0 Å². The average molecular weight is 241 g/mol. The highest BCUT2D eigenvalue weighted by atomic mass is 35.5. The fourth-order valence-electron chi connectivity index (χ4n) is 1.49. The van der Waals surface area contributed by atoms with Crippen LogP contribution in [0.4, 0.5) is 4.39 Å². The van der Waals surface area contributed by atoms with E-state index in [9.17, 15) is 9.18 Å². The fraction of sp³-hybridized carbons (Fsp3) is 0.889. The van der Waals surface area contributed by atoms with Crippen LogP contribution in [0.15, 0.2) is 0 Å². The summed E-state index contributed by atoms with van der Waals surface area (Å²) in [4.78, 5) is 11.4. The monoisotopic (exact) mass is 240 g/mol. The second-order valence-corrected chi connectivity index (χ2v) is 3.49. The molecule has 15 heavy (non-hydrogen) atoms. The molecule has 0 spiro atoms. The summed E-state index contributed by atoms with van der Waals surface area (Å²) in [5.74, 6) is -0.526. The second-order valence-electron chi connectivity index (χ2n) is 3.49. The molecular weight excluding hydrogens is 223 g/mol. The summed E-state index contributed by atoms with van der Waals surface area (Å²) in [5.41, 5.74) is -1.73. The molecule has 0 radical (unpaired) electrons. The number of hydrogen-bond donors (Lipinski definition) is 2. The summed E-state index contributed by atoms with van der Waals surface area (Å²) < 4.78 is 18.6. The van der Waals surface area contributed by atoms with Gasteiger partial charge in [0.05, 0.1) is 6.61 Å². The Morgan fingerprint density at radius 3 is 2.93 bits per heavy atom. The molecule has 1 saturated heterocycles. The first-order valence-corrected chi connectivity index (χ1v) is 4.86. The Hall–Kier alpha value is -0.390. The molecule has 2 N–H and O–H groups in total. The summed E-state index contributed by atoms with van der Waals surface area (Å²) in [6.45, 7) is 1.68. The molecule has 1 aliphatic heterocycles. The molecule has 0 saturated carbocycles.